The van der Waals surface area contributed by atoms with E-state index in [0.29, 0.717) is 21.9 Å². The van der Waals surface area contributed by atoms with Crippen LogP contribution >= 0.6 is 11.3 Å². The molecule has 0 saturated carbocycles. The minimum absolute atomic E-state index is 0.00183. The van der Waals surface area contributed by atoms with E-state index in [2.05, 4.69) is 35.8 Å². The summed E-state index contributed by atoms with van der Waals surface area (Å²) in [5.74, 6) is -1.48. The van der Waals surface area contributed by atoms with Gasteiger partial charge in [0.1, 0.15) is 18.1 Å². The molecular formula is C18H13N8O5S-. The summed E-state index contributed by atoms with van der Waals surface area (Å²) in [4.78, 5) is 23.8. The molecule has 14 heteroatoms. The smallest absolute Gasteiger partial charge is 0.294 e. The van der Waals surface area contributed by atoms with Gasteiger partial charge in [0, 0.05) is 0 Å². The zero-order chi connectivity index (χ0) is 22.5. The van der Waals surface area contributed by atoms with Crippen LogP contribution in [0, 0.1) is 0 Å². The van der Waals surface area contributed by atoms with Crippen LogP contribution in [0.25, 0.3) is 16.4 Å². The third-order valence-electron chi connectivity index (χ3n) is 3.95. The number of hydrogen-bond donors (Lipinski definition) is 2. The van der Waals surface area contributed by atoms with Gasteiger partial charge in [-0.25, -0.2) is 10.1 Å². The van der Waals surface area contributed by atoms with Crippen molar-refractivity contribution in [1.82, 2.24) is 30.7 Å². The number of anilines is 1. The van der Waals surface area contributed by atoms with Gasteiger partial charge >= 0.3 is 0 Å². The van der Waals surface area contributed by atoms with Crippen molar-refractivity contribution >= 4 is 35.2 Å². The Bertz CT molecular complexity index is 1260. The number of nitrogens with zero attached hydrogens (tertiary/aromatic N) is 6. The molecule has 0 saturated heterocycles. The second-order valence-electron chi connectivity index (χ2n) is 6.08. The maximum absolute atomic E-state index is 12.7. The Morgan fingerprint density at radius 1 is 1.28 bits per heavy atom. The Morgan fingerprint density at radius 2 is 2.09 bits per heavy atom. The third-order valence-corrected chi connectivity index (χ3v) is 4.83. The van der Waals surface area contributed by atoms with Gasteiger partial charge in [-0.1, -0.05) is 11.3 Å². The summed E-state index contributed by atoms with van der Waals surface area (Å²) in [6, 6.07) is 9.98. The van der Waals surface area contributed by atoms with Crippen molar-refractivity contribution < 1.29 is 24.1 Å². The molecule has 4 aromatic rings. The fourth-order valence-corrected chi connectivity index (χ4v) is 3.32. The first-order chi connectivity index (χ1) is 15.5. The number of aliphatic carboxylic acids is 1. The van der Waals surface area contributed by atoms with Crippen LogP contribution in [0.4, 0.5) is 5.82 Å². The number of hydrogen-bond acceptors (Lipinski definition) is 12. The maximum Gasteiger partial charge on any atom is 0.294 e. The summed E-state index contributed by atoms with van der Waals surface area (Å²) < 4.78 is 10.9. The lowest BCUT2D eigenvalue weighted by Crippen LogP contribution is -2.28. The molecule has 3 heterocycles. The molecule has 0 aliphatic rings. The number of aromatic nitrogens is 5. The SMILES string of the molecule is Nc1nonc1-n1nnc(C(=O)NN=Cc2ccc(OCC(=O)[O-])cc2)c1-c1cccs1. The van der Waals surface area contributed by atoms with E-state index in [1.165, 1.54) is 22.2 Å². The normalized spacial score (nSPS) is 11.0. The Balaban J connectivity index is 1.51. The average Bonchev–Trinajstić information content (AvgIpc) is 3.53. The molecule has 13 nitrogen and oxygen atoms in total. The number of nitrogens with two attached hydrogens (primary N) is 1. The first-order valence-corrected chi connectivity index (χ1v) is 9.75. The van der Waals surface area contributed by atoms with E-state index >= 15 is 0 Å². The molecular weight excluding hydrogens is 440 g/mol. The van der Waals surface area contributed by atoms with E-state index in [0.717, 1.165) is 0 Å². The van der Waals surface area contributed by atoms with Crippen molar-refractivity contribution in [3.8, 4) is 22.1 Å². The van der Waals surface area contributed by atoms with E-state index in [1.54, 1.807) is 30.3 Å². The Morgan fingerprint density at radius 3 is 2.75 bits per heavy atom. The number of thiophene rings is 1. The second kappa shape index (κ2) is 9.05. The summed E-state index contributed by atoms with van der Waals surface area (Å²) in [5.41, 5.74) is 9.12. The van der Waals surface area contributed by atoms with Gasteiger partial charge < -0.3 is 20.4 Å². The first-order valence-electron chi connectivity index (χ1n) is 8.87. The molecule has 3 N–H and O–H groups in total. The average molecular weight is 453 g/mol. The van der Waals surface area contributed by atoms with Crippen LogP contribution in [-0.4, -0.2) is 50.0 Å². The monoisotopic (exact) mass is 453 g/mol. The van der Waals surface area contributed by atoms with E-state index in [4.69, 9.17) is 10.5 Å². The van der Waals surface area contributed by atoms with Gasteiger partial charge in [-0.15, -0.1) is 16.4 Å². The number of rotatable bonds is 8. The Hall–Kier alpha value is -4.59. The van der Waals surface area contributed by atoms with Crippen LogP contribution in [-0.2, 0) is 4.79 Å². The highest BCUT2D eigenvalue weighted by Crippen LogP contribution is 2.29. The molecule has 3 aromatic heterocycles. The highest BCUT2D eigenvalue weighted by Gasteiger charge is 2.25. The van der Waals surface area contributed by atoms with Gasteiger partial charge in [-0.3, -0.25) is 4.79 Å². The van der Waals surface area contributed by atoms with Crippen LogP contribution in [0.1, 0.15) is 16.1 Å². The van der Waals surface area contributed by atoms with Crippen LogP contribution in [0.3, 0.4) is 0 Å². The molecule has 0 spiro atoms. The van der Waals surface area contributed by atoms with Gasteiger partial charge in [-0.2, -0.15) is 9.78 Å². The highest BCUT2D eigenvalue weighted by atomic mass is 32.1. The minimum Gasteiger partial charge on any atom is -0.546 e. The predicted octanol–water partition coefficient (Wildman–Crippen LogP) is -0.146. The largest absolute Gasteiger partial charge is 0.546 e. The van der Waals surface area contributed by atoms with E-state index in [1.807, 2.05) is 11.4 Å². The third kappa shape index (κ3) is 4.44. The van der Waals surface area contributed by atoms with Crippen molar-refractivity contribution in [2.24, 2.45) is 5.10 Å². The number of nitrogens with one attached hydrogen (secondary N) is 1. The number of carbonyl (C=O) groups is 2. The standard InChI is InChI=1S/C18H14N8O5S/c19-16-17(24-31-23-16)26-15(12-2-1-7-32-12)14(21-25-26)18(29)22-20-8-10-3-5-11(6-4-10)30-9-13(27)28/h1-8H,9H2,(H2,19,23)(H,22,29)(H,27,28)/p-1. The number of ether oxygens (including phenoxy) is 1. The summed E-state index contributed by atoms with van der Waals surface area (Å²) in [7, 11) is 0. The summed E-state index contributed by atoms with van der Waals surface area (Å²) in [6.07, 6.45) is 1.40. The molecule has 1 amide bonds. The Kier molecular flexibility index (Phi) is 5.85. The molecule has 32 heavy (non-hydrogen) atoms. The van der Waals surface area contributed by atoms with E-state index in [9.17, 15) is 14.7 Å². The molecule has 0 bridgehead atoms. The summed E-state index contributed by atoms with van der Waals surface area (Å²) in [6.45, 7) is -0.549. The number of carboxylic acids is 1. The number of amides is 1. The van der Waals surface area contributed by atoms with Crippen LogP contribution in [0.5, 0.6) is 5.75 Å². The van der Waals surface area contributed by atoms with Crippen LogP contribution < -0.4 is 21.0 Å². The quantitative estimate of drug-likeness (QED) is 0.268. The molecule has 4 rings (SSSR count). The van der Waals surface area contributed by atoms with Crippen molar-refractivity contribution in [2.45, 2.75) is 0 Å². The maximum atomic E-state index is 12.7. The fourth-order valence-electron chi connectivity index (χ4n) is 2.57. The zero-order valence-corrected chi connectivity index (χ0v) is 16.9. The lowest BCUT2D eigenvalue weighted by atomic mass is 10.2. The van der Waals surface area contributed by atoms with Gasteiger partial charge in [-0.05, 0) is 51.6 Å². The fraction of sp³-hybridized carbons (Fsp3) is 0.0556. The molecule has 0 aliphatic carbocycles. The van der Waals surface area contributed by atoms with Crippen molar-refractivity contribution in [3.63, 3.8) is 0 Å². The number of carbonyl (C=O) groups excluding carboxylic acids is 2. The number of carboxylic acid groups (broad SMARTS) is 1. The molecule has 1 aromatic carbocycles. The molecule has 0 aliphatic heterocycles. The molecule has 0 radical (unpaired) electrons. The molecule has 0 unspecified atom stereocenters. The number of hydrazone groups is 1. The van der Waals surface area contributed by atoms with Crippen molar-refractivity contribution in [1.29, 1.82) is 0 Å². The number of benzene rings is 1. The van der Waals surface area contributed by atoms with Crippen LogP contribution in [0.15, 0.2) is 51.5 Å². The molecule has 162 valence electrons. The van der Waals surface area contributed by atoms with E-state index < -0.39 is 18.5 Å². The van der Waals surface area contributed by atoms with Crippen LogP contribution in [0.2, 0.25) is 0 Å². The van der Waals surface area contributed by atoms with Gasteiger partial charge in [0.2, 0.25) is 11.6 Å². The highest BCUT2D eigenvalue weighted by molar-refractivity contribution is 7.13. The summed E-state index contributed by atoms with van der Waals surface area (Å²) in [5, 5.41) is 31.3. The van der Waals surface area contributed by atoms with Crippen molar-refractivity contribution in [2.75, 3.05) is 12.3 Å². The van der Waals surface area contributed by atoms with Gasteiger partial charge in [0.05, 0.1) is 17.1 Å². The zero-order valence-electron chi connectivity index (χ0n) is 16.0. The topological polar surface area (TPSA) is 186 Å². The predicted molar refractivity (Wildman–Crippen MR) is 109 cm³/mol. The van der Waals surface area contributed by atoms with Gasteiger partial charge in [0.25, 0.3) is 5.91 Å². The minimum atomic E-state index is -1.32. The first kappa shape index (κ1) is 20.7. The van der Waals surface area contributed by atoms with E-state index in [-0.39, 0.29) is 17.3 Å². The second-order valence-corrected chi connectivity index (χ2v) is 7.03. The lowest BCUT2D eigenvalue weighted by molar-refractivity contribution is -0.307. The van der Waals surface area contributed by atoms with Crippen molar-refractivity contribution in [3.05, 3.63) is 53.0 Å². The summed E-state index contributed by atoms with van der Waals surface area (Å²) >= 11 is 1.37. The Labute approximate surface area is 183 Å². The molecule has 0 atom stereocenters. The van der Waals surface area contributed by atoms with Gasteiger partial charge in [0.15, 0.2) is 5.69 Å². The molecule has 0 fully saturated rings. The number of nitrogen functional groups attached to an aromatic ring is 1. The lowest BCUT2D eigenvalue weighted by Gasteiger charge is -2.06.